The molecule has 0 heteroatoms. The summed E-state index contributed by atoms with van der Waals surface area (Å²) in [5.41, 5.74) is 1.87. The van der Waals surface area contributed by atoms with E-state index in [0.717, 1.165) is 52.8 Å². The second kappa shape index (κ2) is 6.50. The van der Waals surface area contributed by atoms with Crippen LogP contribution >= 0.6 is 0 Å². The minimum absolute atomic E-state index is 0.559. The van der Waals surface area contributed by atoms with Gasteiger partial charge in [0.15, 0.2) is 0 Å². The summed E-state index contributed by atoms with van der Waals surface area (Å²) in [7, 11) is 0. The van der Waals surface area contributed by atoms with Gasteiger partial charge in [-0.2, -0.15) is 0 Å². The Labute approximate surface area is 176 Å². The highest BCUT2D eigenvalue weighted by Gasteiger charge is 2.55. The topological polar surface area (TPSA) is 0 Å². The van der Waals surface area contributed by atoms with E-state index in [2.05, 4.69) is 41.5 Å². The summed E-state index contributed by atoms with van der Waals surface area (Å²) < 4.78 is 0. The molecule has 8 bridgehead atoms. The van der Waals surface area contributed by atoms with Gasteiger partial charge in [-0.1, -0.05) is 41.5 Å². The molecule has 8 saturated carbocycles. The molecule has 0 heterocycles. The Balaban J connectivity index is 0.000000122. The lowest BCUT2D eigenvalue weighted by atomic mass is 9.43. The average molecular weight is 385 g/mol. The lowest BCUT2D eigenvalue weighted by Crippen LogP contribution is -2.51. The van der Waals surface area contributed by atoms with Crippen LogP contribution in [-0.4, -0.2) is 0 Å². The van der Waals surface area contributed by atoms with Gasteiger partial charge in [0, 0.05) is 0 Å². The van der Waals surface area contributed by atoms with E-state index in [-0.39, 0.29) is 0 Å². The van der Waals surface area contributed by atoms with Gasteiger partial charge in [-0.05, 0) is 134 Å². The number of hydrogen-bond donors (Lipinski definition) is 0. The normalized spacial score (nSPS) is 51.2. The Morgan fingerprint density at radius 1 is 0.500 bits per heavy atom. The Bertz CT molecular complexity index is 519. The Morgan fingerprint density at radius 3 is 1.18 bits per heavy atom. The summed E-state index contributed by atoms with van der Waals surface area (Å²) in [6, 6.07) is 0. The second-order valence-electron chi connectivity index (χ2n) is 14.8. The minimum atomic E-state index is 0.559. The quantitative estimate of drug-likeness (QED) is 0.393. The summed E-state index contributed by atoms with van der Waals surface area (Å²) in [5, 5.41) is 0. The van der Waals surface area contributed by atoms with E-state index in [1.807, 2.05) is 0 Å². The Kier molecular flexibility index (Phi) is 4.63. The van der Waals surface area contributed by atoms with E-state index in [9.17, 15) is 0 Å². The zero-order valence-corrected chi connectivity index (χ0v) is 19.9. The fourth-order valence-corrected chi connectivity index (χ4v) is 10.4. The molecule has 0 radical (unpaired) electrons. The maximum absolute atomic E-state index is 2.49. The third kappa shape index (κ3) is 3.32. The minimum Gasteiger partial charge on any atom is -0.0599 e. The van der Waals surface area contributed by atoms with Crippen LogP contribution < -0.4 is 0 Å². The van der Waals surface area contributed by atoms with Crippen molar-refractivity contribution in [3.63, 3.8) is 0 Å². The maximum Gasteiger partial charge on any atom is -0.0241 e. The standard InChI is InChI=1S/2C14H24/c1-13(2,3)14-7-10-4-11(8-14)6-12(5-10)9-14;1-14(2,3)13-11-5-9-4-10(7-11)8-12(13)6-9/h10-12H,4-9H2,1-3H3;9-13H,4-8H2,1-3H3. The van der Waals surface area contributed by atoms with Gasteiger partial charge in [0.05, 0.1) is 0 Å². The molecule has 0 nitrogen and oxygen atoms in total. The van der Waals surface area contributed by atoms with Crippen molar-refractivity contribution in [2.45, 2.75) is 112 Å². The summed E-state index contributed by atoms with van der Waals surface area (Å²) in [6.45, 7) is 14.9. The smallest absolute Gasteiger partial charge is 0.0241 e. The van der Waals surface area contributed by atoms with Crippen molar-refractivity contribution in [3.8, 4) is 0 Å². The van der Waals surface area contributed by atoms with Crippen molar-refractivity contribution < 1.29 is 0 Å². The van der Waals surface area contributed by atoms with Crippen LogP contribution in [0.4, 0.5) is 0 Å². The highest BCUT2D eigenvalue weighted by Crippen LogP contribution is 2.65. The van der Waals surface area contributed by atoms with Crippen molar-refractivity contribution in [1.82, 2.24) is 0 Å². The fraction of sp³-hybridized carbons (Fsp3) is 1.00. The van der Waals surface area contributed by atoms with Gasteiger partial charge in [0.25, 0.3) is 0 Å². The first-order chi connectivity index (χ1) is 13.0. The van der Waals surface area contributed by atoms with Gasteiger partial charge in [0.2, 0.25) is 0 Å². The maximum atomic E-state index is 2.49. The molecule has 0 saturated heterocycles. The molecule has 8 fully saturated rings. The van der Waals surface area contributed by atoms with E-state index in [4.69, 9.17) is 0 Å². The first kappa shape index (κ1) is 19.9. The van der Waals surface area contributed by atoms with Crippen molar-refractivity contribution in [2.75, 3.05) is 0 Å². The first-order valence-electron chi connectivity index (χ1n) is 13.0. The number of rotatable bonds is 0. The van der Waals surface area contributed by atoms with Crippen molar-refractivity contribution in [3.05, 3.63) is 0 Å². The zero-order chi connectivity index (χ0) is 19.9. The fourth-order valence-electron chi connectivity index (χ4n) is 10.4. The van der Waals surface area contributed by atoms with Crippen LogP contribution in [0, 0.1) is 63.6 Å². The van der Waals surface area contributed by atoms with E-state index >= 15 is 0 Å². The van der Waals surface area contributed by atoms with Gasteiger partial charge in [0.1, 0.15) is 0 Å². The molecular formula is C28H48. The average Bonchev–Trinajstić information content (AvgIpc) is 2.50. The molecule has 0 aromatic heterocycles. The van der Waals surface area contributed by atoms with E-state index in [1.165, 1.54) is 0 Å². The van der Waals surface area contributed by atoms with Crippen molar-refractivity contribution in [1.29, 1.82) is 0 Å². The molecule has 0 spiro atoms. The summed E-state index contributed by atoms with van der Waals surface area (Å²) in [4.78, 5) is 0. The van der Waals surface area contributed by atoms with Crippen LogP contribution in [0.2, 0.25) is 0 Å². The highest BCUT2D eigenvalue weighted by atomic mass is 14.6. The van der Waals surface area contributed by atoms with Crippen molar-refractivity contribution >= 4 is 0 Å². The van der Waals surface area contributed by atoms with Gasteiger partial charge < -0.3 is 0 Å². The van der Waals surface area contributed by atoms with Crippen LogP contribution in [0.15, 0.2) is 0 Å². The van der Waals surface area contributed by atoms with E-state index in [1.54, 1.807) is 70.6 Å². The molecule has 0 unspecified atom stereocenters. The largest absolute Gasteiger partial charge is 0.0599 e. The molecule has 8 rings (SSSR count). The zero-order valence-electron chi connectivity index (χ0n) is 19.9. The van der Waals surface area contributed by atoms with Gasteiger partial charge in [-0.15, -0.1) is 0 Å². The molecule has 0 aromatic rings. The lowest BCUT2D eigenvalue weighted by molar-refractivity contribution is -0.113. The molecular weight excluding hydrogens is 336 g/mol. The predicted molar refractivity (Wildman–Crippen MR) is 120 cm³/mol. The predicted octanol–water partition coefficient (Wildman–Crippen LogP) is 8.35. The van der Waals surface area contributed by atoms with Crippen LogP contribution in [0.3, 0.4) is 0 Å². The third-order valence-corrected chi connectivity index (χ3v) is 10.9. The molecule has 28 heavy (non-hydrogen) atoms. The first-order valence-corrected chi connectivity index (χ1v) is 13.0. The molecule has 8 aliphatic carbocycles. The molecule has 0 atom stereocenters. The molecule has 0 aromatic carbocycles. The summed E-state index contributed by atoms with van der Waals surface area (Å²) in [6.07, 6.45) is 17.3. The molecule has 0 amide bonds. The van der Waals surface area contributed by atoms with Gasteiger partial charge in [-0.3, -0.25) is 0 Å². The Morgan fingerprint density at radius 2 is 0.857 bits per heavy atom. The highest BCUT2D eigenvalue weighted by molar-refractivity contribution is 5.05. The molecule has 160 valence electrons. The number of hydrogen-bond acceptors (Lipinski definition) is 0. The van der Waals surface area contributed by atoms with E-state index in [0.29, 0.717) is 10.8 Å². The Hall–Kier alpha value is 0. The van der Waals surface area contributed by atoms with Crippen LogP contribution in [0.5, 0.6) is 0 Å². The van der Waals surface area contributed by atoms with Gasteiger partial charge >= 0.3 is 0 Å². The molecule has 0 aliphatic heterocycles. The van der Waals surface area contributed by atoms with Crippen molar-refractivity contribution in [2.24, 2.45) is 63.6 Å². The SMILES string of the molecule is CC(C)(C)C12CC3CC(CC(C3)C1)C2.CC(C)(C)C1C2CC3CC(C2)CC1C3. The molecule has 8 aliphatic rings. The van der Waals surface area contributed by atoms with Crippen LogP contribution in [0.1, 0.15) is 112 Å². The van der Waals surface area contributed by atoms with Crippen LogP contribution in [0.25, 0.3) is 0 Å². The summed E-state index contributed by atoms with van der Waals surface area (Å²) in [5.74, 6) is 8.86. The summed E-state index contributed by atoms with van der Waals surface area (Å²) >= 11 is 0. The molecule has 0 N–H and O–H groups in total. The lowest BCUT2D eigenvalue weighted by Gasteiger charge is -2.62. The second-order valence-corrected chi connectivity index (χ2v) is 14.8. The monoisotopic (exact) mass is 384 g/mol. The third-order valence-electron chi connectivity index (χ3n) is 10.9. The van der Waals surface area contributed by atoms with E-state index < -0.39 is 0 Å². The van der Waals surface area contributed by atoms with Gasteiger partial charge in [-0.25, -0.2) is 0 Å². The van der Waals surface area contributed by atoms with Crippen LogP contribution in [-0.2, 0) is 0 Å².